The predicted octanol–water partition coefficient (Wildman–Crippen LogP) is 2.27. The smallest absolute Gasteiger partial charge is 0.258 e. The maximum Gasteiger partial charge on any atom is 0.258 e. The van der Waals surface area contributed by atoms with Crippen molar-refractivity contribution in [1.82, 2.24) is 20.4 Å². The lowest BCUT2D eigenvalue weighted by molar-refractivity contribution is -0.146. The lowest BCUT2D eigenvalue weighted by atomic mass is 9.60. The van der Waals surface area contributed by atoms with Crippen LogP contribution in [0, 0.1) is 24.7 Å². The van der Waals surface area contributed by atoms with Gasteiger partial charge in [-0.2, -0.15) is 5.10 Å². The number of carbonyl (C=O) groups is 2. The number of nitrogens with one attached hydrogen (secondary N) is 2. The molecule has 2 heterocycles. The molecule has 6 rings (SSSR count). The van der Waals surface area contributed by atoms with E-state index >= 15 is 0 Å². The first-order valence-corrected chi connectivity index (χ1v) is 10.9. The zero-order valence-corrected chi connectivity index (χ0v) is 17.9. The second kappa shape index (κ2) is 7.59. The van der Waals surface area contributed by atoms with Gasteiger partial charge in [0.05, 0.1) is 19.2 Å². The second-order valence-electron chi connectivity index (χ2n) is 8.88. The minimum absolute atomic E-state index is 0.0460. The van der Waals surface area contributed by atoms with E-state index in [4.69, 9.17) is 9.47 Å². The Bertz CT molecular complexity index is 1020. The number of hydrogen-bond donors (Lipinski definition) is 2. The van der Waals surface area contributed by atoms with Gasteiger partial charge in [-0.1, -0.05) is 0 Å². The average Bonchev–Trinajstić information content (AvgIpc) is 3.18. The lowest BCUT2D eigenvalue weighted by Crippen LogP contribution is -2.67. The van der Waals surface area contributed by atoms with Crippen molar-refractivity contribution in [3.05, 3.63) is 41.7 Å². The summed E-state index contributed by atoms with van der Waals surface area (Å²) in [6.07, 6.45) is 5.06. The number of methoxy groups -OCH3 is 1. The number of aromatic nitrogens is 2. The van der Waals surface area contributed by atoms with Crippen molar-refractivity contribution in [2.75, 3.05) is 13.7 Å². The summed E-state index contributed by atoms with van der Waals surface area (Å²) in [7, 11) is 1.60. The van der Waals surface area contributed by atoms with Crippen molar-refractivity contribution in [2.45, 2.75) is 44.9 Å². The first-order valence-electron chi connectivity index (χ1n) is 10.9. The Kier molecular flexibility index (Phi) is 4.87. The van der Waals surface area contributed by atoms with Crippen molar-refractivity contribution in [2.24, 2.45) is 17.8 Å². The molecule has 164 valence electrons. The Morgan fingerprint density at radius 1 is 1.39 bits per heavy atom. The monoisotopic (exact) mass is 424 g/mol. The number of fused-ring (bicyclic) bond motifs is 3. The van der Waals surface area contributed by atoms with Crippen LogP contribution < -0.4 is 20.1 Å². The summed E-state index contributed by atoms with van der Waals surface area (Å²) in [4.78, 5) is 25.7. The second-order valence-corrected chi connectivity index (χ2v) is 8.88. The maximum atomic E-state index is 12.9. The summed E-state index contributed by atoms with van der Waals surface area (Å²) in [6.45, 7) is 3.22. The minimum atomic E-state index is -0.734. The molecule has 4 atom stereocenters. The van der Waals surface area contributed by atoms with Crippen molar-refractivity contribution in [3.8, 4) is 11.5 Å². The molecule has 2 aromatic rings. The molecule has 3 aliphatic carbocycles. The molecule has 2 bridgehead atoms. The van der Waals surface area contributed by atoms with Crippen LogP contribution in [0.3, 0.4) is 0 Å². The van der Waals surface area contributed by atoms with Crippen molar-refractivity contribution in [1.29, 1.82) is 0 Å². The highest BCUT2D eigenvalue weighted by atomic mass is 16.5. The third-order valence-corrected chi connectivity index (χ3v) is 7.16. The van der Waals surface area contributed by atoms with E-state index in [9.17, 15) is 9.59 Å². The van der Waals surface area contributed by atoms with Crippen molar-refractivity contribution in [3.63, 3.8) is 0 Å². The van der Waals surface area contributed by atoms with Crippen LogP contribution in [0.15, 0.2) is 30.5 Å². The van der Waals surface area contributed by atoms with Gasteiger partial charge < -0.3 is 20.1 Å². The van der Waals surface area contributed by atoms with E-state index in [2.05, 4.69) is 15.7 Å². The standard InChI is InChI=1S/C23H28N4O4/c1-14-7-8-25-27(14)10-9-24-21(28)19-11-16-4-3-15(19)13-23(16)26-22(29)18-6-5-17(30-2)12-20(18)31-23/h5-8,12,15-16,19H,3-4,9-11,13H2,1-2H3,(H,24,28)(H,26,29)/t15-,16-,19+,23+/m1/s1. The molecule has 3 fully saturated rings. The third kappa shape index (κ3) is 3.43. The summed E-state index contributed by atoms with van der Waals surface area (Å²) >= 11 is 0. The van der Waals surface area contributed by atoms with Gasteiger partial charge in [-0.15, -0.1) is 0 Å². The largest absolute Gasteiger partial charge is 0.497 e. The number of aryl methyl sites for hydroxylation is 1. The number of nitrogens with zero attached hydrogens (tertiary/aromatic N) is 2. The molecule has 0 unspecified atom stereocenters. The summed E-state index contributed by atoms with van der Waals surface area (Å²) in [6, 6.07) is 7.22. The number of amides is 2. The summed E-state index contributed by atoms with van der Waals surface area (Å²) < 4.78 is 13.6. The average molecular weight is 425 g/mol. The van der Waals surface area contributed by atoms with E-state index in [0.29, 0.717) is 36.6 Å². The quantitative estimate of drug-likeness (QED) is 0.768. The number of hydrogen-bond acceptors (Lipinski definition) is 5. The van der Waals surface area contributed by atoms with Crippen LogP contribution in [-0.2, 0) is 11.3 Å². The Labute approximate surface area is 181 Å². The molecule has 1 aromatic heterocycles. The highest BCUT2D eigenvalue weighted by molar-refractivity contribution is 5.98. The van der Waals surface area contributed by atoms with Gasteiger partial charge in [-0.3, -0.25) is 14.3 Å². The molecule has 2 amide bonds. The number of ether oxygens (including phenoxy) is 2. The van der Waals surface area contributed by atoms with E-state index in [1.54, 1.807) is 31.5 Å². The molecule has 8 heteroatoms. The van der Waals surface area contributed by atoms with Crippen LogP contribution in [0.2, 0.25) is 0 Å². The van der Waals surface area contributed by atoms with Crippen molar-refractivity contribution < 1.29 is 19.1 Å². The molecule has 0 saturated heterocycles. The van der Waals surface area contributed by atoms with Crippen LogP contribution in [0.5, 0.6) is 11.5 Å². The fourth-order valence-electron chi connectivity index (χ4n) is 5.49. The Morgan fingerprint density at radius 3 is 2.97 bits per heavy atom. The zero-order valence-electron chi connectivity index (χ0n) is 17.9. The van der Waals surface area contributed by atoms with Crippen LogP contribution >= 0.6 is 0 Å². The van der Waals surface area contributed by atoms with Gasteiger partial charge in [0.15, 0.2) is 5.72 Å². The highest BCUT2D eigenvalue weighted by Crippen LogP contribution is 2.52. The van der Waals surface area contributed by atoms with Crippen LogP contribution in [0.4, 0.5) is 0 Å². The molecule has 1 spiro atoms. The van der Waals surface area contributed by atoms with E-state index in [-0.39, 0.29) is 29.6 Å². The number of rotatable bonds is 5. The van der Waals surface area contributed by atoms with Gasteiger partial charge in [-0.25, -0.2) is 0 Å². The van der Waals surface area contributed by atoms with Gasteiger partial charge >= 0.3 is 0 Å². The first kappa shape index (κ1) is 19.9. The molecule has 31 heavy (non-hydrogen) atoms. The van der Waals surface area contributed by atoms with Crippen molar-refractivity contribution >= 4 is 11.8 Å². The molecule has 8 nitrogen and oxygen atoms in total. The molecule has 1 aromatic carbocycles. The summed E-state index contributed by atoms with van der Waals surface area (Å²) in [5.74, 6) is 1.44. The summed E-state index contributed by atoms with van der Waals surface area (Å²) in [5.41, 5.74) is 0.869. The molecular formula is C23H28N4O4. The minimum Gasteiger partial charge on any atom is -0.497 e. The Morgan fingerprint density at radius 2 is 2.26 bits per heavy atom. The van der Waals surface area contributed by atoms with Gasteiger partial charge in [0.1, 0.15) is 11.5 Å². The topological polar surface area (TPSA) is 94.5 Å². The molecular weight excluding hydrogens is 396 g/mol. The first-order chi connectivity index (χ1) is 15.0. The maximum absolute atomic E-state index is 12.9. The normalized spacial score (nSPS) is 28.6. The number of benzene rings is 1. The lowest BCUT2D eigenvalue weighted by Gasteiger charge is -2.55. The SMILES string of the molecule is COc1ccc2c(c1)O[C@]1(C[C@H]3CC[C@@H]1C[C@@H]3C(=O)NCCn1nccc1C)NC2=O. The molecule has 1 aliphatic heterocycles. The molecule has 4 aliphatic rings. The molecule has 2 N–H and O–H groups in total. The fraction of sp³-hybridized carbons (Fsp3) is 0.522. The predicted molar refractivity (Wildman–Crippen MR) is 113 cm³/mol. The third-order valence-electron chi connectivity index (χ3n) is 7.16. The Balaban J connectivity index is 1.27. The molecule has 0 radical (unpaired) electrons. The zero-order chi connectivity index (χ0) is 21.6. The van der Waals surface area contributed by atoms with Gasteiger partial charge in [-0.05, 0) is 50.3 Å². The van der Waals surface area contributed by atoms with E-state index < -0.39 is 5.72 Å². The number of carbonyl (C=O) groups excluding carboxylic acids is 2. The van der Waals surface area contributed by atoms with Gasteiger partial charge in [0.25, 0.3) is 5.91 Å². The van der Waals surface area contributed by atoms with Gasteiger partial charge in [0.2, 0.25) is 5.91 Å². The van der Waals surface area contributed by atoms with Crippen LogP contribution in [0.25, 0.3) is 0 Å². The van der Waals surface area contributed by atoms with Crippen LogP contribution in [-0.4, -0.2) is 41.0 Å². The molecule has 3 saturated carbocycles. The van der Waals surface area contributed by atoms with E-state index in [0.717, 1.165) is 25.0 Å². The van der Waals surface area contributed by atoms with E-state index in [1.165, 1.54) is 0 Å². The van der Waals surface area contributed by atoms with Crippen LogP contribution in [0.1, 0.15) is 41.7 Å². The fourth-order valence-corrected chi connectivity index (χ4v) is 5.49. The van der Waals surface area contributed by atoms with Gasteiger partial charge in [0, 0.05) is 42.8 Å². The highest BCUT2D eigenvalue weighted by Gasteiger charge is 2.57. The summed E-state index contributed by atoms with van der Waals surface area (Å²) in [5, 5.41) is 10.5. The van der Waals surface area contributed by atoms with E-state index in [1.807, 2.05) is 17.7 Å². The Hall–Kier alpha value is -3.03.